The van der Waals surface area contributed by atoms with Crippen LogP contribution in [0.1, 0.15) is 29.6 Å². The van der Waals surface area contributed by atoms with E-state index in [1.165, 1.54) is 25.3 Å². The van der Waals surface area contributed by atoms with Gasteiger partial charge in [-0.3, -0.25) is 14.9 Å². The van der Waals surface area contributed by atoms with Gasteiger partial charge >= 0.3 is 0 Å². The number of ether oxygens (including phenoxy) is 1. The summed E-state index contributed by atoms with van der Waals surface area (Å²) in [5.41, 5.74) is -0.0730. The highest BCUT2D eigenvalue weighted by Crippen LogP contribution is 2.27. The third-order valence-corrected chi connectivity index (χ3v) is 4.34. The molecule has 0 saturated carbocycles. The fourth-order valence-electron chi connectivity index (χ4n) is 2.92. The first-order valence-corrected chi connectivity index (χ1v) is 7.83. The number of carbonyl (C=O) groups is 1. The summed E-state index contributed by atoms with van der Waals surface area (Å²) in [5.74, 6) is 0.761. The highest BCUT2D eigenvalue weighted by Gasteiger charge is 2.28. The van der Waals surface area contributed by atoms with E-state index >= 15 is 0 Å². The number of nitrogens with one attached hydrogen (secondary N) is 1. The monoisotopic (exact) mass is 321 g/mol. The van der Waals surface area contributed by atoms with Crippen molar-refractivity contribution in [2.75, 3.05) is 33.8 Å². The van der Waals surface area contributed by atoms with Crippen LogP contribution in [0, 0.1) is 16.0 Å². The highest BCUT2D eigenvalue weighted by molar-refractivity contribution is 5.98. The van der Waals surface area contributed by atoms with E-state index in [4.69, 9.17) is 4.74 Å². The lowest BCUT2D eigenvalue weighted by molar-refractivity contribution is -0.385. The Morgan fingerprint density at radius 1 is 1.43 bits per heavy atom. The van der Waals surface area contributed by atoms with Crippen LogP contribution in [-0.2, 0) is 0 Å². The Balaban J connectivity index is 2.10. The molecule has 0 spiro atoms. The molecule has 1 aliphatic rings. The molecule has 1 N–H and O–H groups in total. The van der Waals surface area contributed by atoms with E-state index in [2.05, 4.69) is 5.32 Å². The zero-order valence-electron chi connectivity index (χ0n) is 13.6. The van der Waals surface area contributed by atoms with Gasteiger partial charge in [-0.05, 0) is 50.9 Å². The SMILES string of the molecule is CNCCC1CCN(C(=O)c2cc(OC)ccc2[N+](=O)[O-])CC1. The van der Waals surface area contributed by atoms with Gasteiger partial charge in [-0.25, -0.2) is 0 Å². The van der Waals surface area contributed by atoms with Crippen LogP contribution in [0.2, 0.25) is 0 Å². The molecule has 1 saturated heterocycles. The Bertz CT molecular complexity index is 568. The molecule has 7 heteroatoms. The predicted molar refractivity (Wildman–Crippen MR) is 86.8 cm³/mol. The van der Waals surface area contributed by atoms with Crippen LogP contribution in [0.25, 0.3) is 0 Å². The van der Waals surface area contributed by atoms with Crippen molar-refractivity contribution in [1.82, 2.24) is 10.2 Å². The highest BCUT2D eigenvalue weighted by atomic mass is 16.6. The average Bonchev–Trinajstić information content (AvgIpc) is 2.59. The number of rotatable bonds is 6. The maximum absolute atomic E-state index is 12.7. The molecule has 1 fully saturated rings. The third kappa shape index (κ3) is 4.19. The van der Waals surface area contributed by atoms with E-state index < -0.39 is 4.92 Å². The maximum atomic E-state index is 12.7. The molecule has 0 bridgehead atoms. The van der Waals surface area contributed by atoms with Crippen LogP contribution >= 0.6 is 0 Å². The van der Waals surface area contributed by atoms with Gasteiger partial charge in [0, 0.05) is 19.2 Å². The molecule has 126 valence electrons. The van der Waals surface area contributed by atoms with Gasteiger partial charge in [0.05, 0.1) is 12.0 Å². The van der Waals surface area contributed by atoms with E-state index in [9.17, 15) is 14.9 Å². The van der Waals surface area contributed by atoms with Gasteiger partial charge in [-0.2, -0.15) is 0 Å². The summed E-state index contributed by atoms with van der Waals surface area (Å²) in [4.78, 5) is 25.0. The fraction of sp³-hybridized carbons (Fsp3) is 0.562. The summed E-state index contributed by atoms with van der Waals surface area (Å²) in [6.07, 6.45) is 2.97. The van der Waals surface area contributed by atoms with Crippen LogP contribution in [0.15, 0.2) is 18.2 Å². The molecule has 23 heavy (non-hydrogen) atoms. The molecule has 2 rings (SSSR count). The second-order valence-corrected chi connectivity index (χ2v) is 5.77. The molecule has 1 aromatic carbocycles. The molecule has 1 aromatic rings. The van der Waals surface area contributed by atoms with Gasteiger partial charge in [-0.15, -0.1) is 0 Å². The number of hydrogen-bond donors (Lipinski definition) is 1. The molecule has 0 radical (unpaired) electrons. The fourth-order valence-corrected chi connectivity index (χ4v) is 2.92. The molecular weight excluding hydrogens is 298 g/mol. The maximum Gasteiger partial charge on any atom is 0.282 e. The lowest BCUT2D eigenvalue weighted by Gasteiger charge is -2.32. The van der Waals surface area contributed by atoms with E-state index in [-0.39, 0.29) is 17.2 Å². The number of carbonyl (C=O) groups excluding carboxylic acids is 1. The molecular formula is C16H23N3O4. The Labute approximate surface area is 135 Å². The van der Waals surface area contributed by atoms with Gasteiger partial charge in [-0.1, -0.05) is 0 Å². The van der Waals surface area contributed by atoms with Crippen molar-refractivity contribution in [1.29, 1.82) is 0 Å². The van der Waals surface area contributed by atoms with Crippen molar-refractivity contribution in [2.24, 2.45) is 5.92 Å². The van der Waals surface area contributed by atoms with Gasteiger partial charge in [0.25, 0.3) is 11.6 Å². The number of benzene rings is 1. The first-order valence-electron chi connectivity index (χ1n) is 7.83. The number of nitro benzene ring substituents is 1. The number of nitrogens with zero attached hydrogens (tertiary/aromatic N) is 2. The first-order chi connectivity index (χ1) is 11.1. The van der Waals surface area contributed by atoms with E-state index in [1.54, 1.807) is 4.90 Å². The zero-order chi connectivity index (χ0) is 16.8. The standard InChI is InChI=1S/C16H23N3O4/c1-17-8-5-12-6-9-18(10-7-12)16(20)14-11-13(23-2)3-4-15(14)19(21)22/h3-4,11-12,17H,5-10H2,1-2H3. The molecule has 7 nitrogen and oxygen atoms in total. The number of nitro groups is 1. The molecule has 0 aromatic heterocycles. The lowest BCUT2D eigenvalue weighted by Crippen LogP contribution is -2.39. The van der Waals surface area contributed by atoms with E-state index in [0.29, 0.717) is 24.8 Å². The predicted octanol–water partition coefficient (Wildman–Crippen LogP) is 2.07. The van der Waals surface area contributed by atoms with Gasteiger partial charge in [0.15, 0.2) is 0 Å². The Hall–Kier alpha value is -2.15. The minimum absolute atomic E-state index is 0.100. The Morgan fingerprint density at radius 2 is 2.13 bits per heavy atom. The third-order valence-electron chi connectivity index (χ3n) is 4.34. The van der Waals surface area contributed by atoms with Crippen molar-refractivity contribution in [3.63, 3.8) is 0 Å². The first kappa shape index (κ1) is 17.2. The summed E-state index contributed by atoms with van der Waals surface area (Å²) < 4.78 is 5.09. The minimum Gasteiger partial charge on any atom is -0.497 e. The number of likely N-dealkylation sites (tertiary alicyclic amines) is 1. The van der Waals surface area contributed by atoms with Gasteiger partial charge in [0.2, 0.25) is 0 Å². The summed E-state index contributed by atoms with van der Waals surface area (Å²) in [7, 11) is 3.41. The van der Waals surface area contributed by atoms with Crippen LogP contribution in [0.4, 0.5) is 5.69 Å². The van der Waals surface area contributed by atoms with E-state index in [0.717, 1.165) is 25.8 Å². The van der Waals surface area contributed by atoms with Gasteiger partial charge < -0.3 is 15.0 Å². The molecule has 0 atom stereocenters. The van der Waals surface area contributed by atoms with Crippen molar-refractivity contribution < 1.29 is 14.5 Å². The summed E-state index contributed by atoms with van der Waals surface area (Å²) in [6, 6.07) is 4.28. The van der Waals surface area contributed by atoms with Crippen LogP contribution in [0.5, 0.6) is 5.75 Å². The van der Waals surface area contributed by atoms with Crippen LogP contribution < -0.4 is 10.1 Å². The van der Waals surface area contributed by atoms with Crippen molar-refractivity contribution in [3.05, 3.63) is 33.9 Å². The van der Waals surface area contributed by atoms with Gasteiger partial charge in [0.1, 0.15) is 11.3 Å². The zero-order valence-corrected chi connectivity index (χ0v) is 13.6. The van der Waals surface area contributed by atoms with Crippen molar-refractivity contribution in [2.45, 2.75) is 19.3 Å². The smallest absolute Gasteiger partial charge is 0.282 e. The summed E-state index contributed by atoms with van der Waals surface area (Å²) in [5, 5.41) is 14.3. The van der Waals surface area contributed by atoms with Crippen molar-refractivity contribution >= 4 is 11.6 Å². The number of methoxy groups -OCH3 is 1. The largest absolute Gasteiger partial charge is 0.497 e. The van der Waals surface area contributed by atoms with E-state index in [1.807, 2.05) is 7.05 Å². The quantitative estimate of drug-likeness (QED) is 0.640. The summed E-state index contributed by atoms with van der Waals surface area (Å²) in [6.45, 7) is 2.25. The average molecular weight is 321 g/mol. The second kappa shape index (κ2) is 7.92. The minimum atomic E-state index is -0.521. The van der Waals surface area contributed by atoms with Crippen LogP contribution in [0.3, 0.4) is 0 Å². The Morgan fingerprint density at radius 3 is 2.70 bits per heavy atom. The number of hydrogen-bond acceptors (Lipinski definition) is 5. The molecule has 0 aliphatic carbocycles. The number of piperidine rings is 1. The van der Waals surface area contributed by atoms with Crippen LogP contribution in [-0.4, -0.2) is 49.5 Å². The molecule has 1 heterocycles. The molecule has 1 amide bonds. The Kier molecular flexibility index (Phi) is 5.92. The normalized spacial score (nSPS) is 15.5. The topological polar surface area (TPSA) is 84.7 Å². The van der Waals surface area contributed by atoms with Crippen molar-refractivity contribution in [3.8, 4) is 5.75 Å². The summed E-state index contributed by atoms with van der Waals surface area (Å²) >= 11 is 0. The molecule has 0 unspecified atom stereocenters. The second-order valence-electron chi connectivity index (χ2n) is 5.77. The molecule has 1 aliphatic heterocycles. The lowest BCUT2D eigenvalue weighted by atomic mass is 9.93. The number of amides is 1.